The molecule has 3 aliphatic carbocycles. The summed E-state index contributed by atoms with van der Waals surface area (Å²) in [5, 5.41) is 10.6. The molecule has 0 spiro atoms. The number of allylic oxidation sites excluding steroid dienone is 4. The lowest BCUT2D eigenvalue weighted by Gasteiger charge is -2.30. The van der Waals surface area contributed by atoms with E-state index in [2.05, 4.69) is 97.9 Å². The van der Waals surface area contributed by atoms with E-state index >= 15 is 0 Å². The van der Waals surface area contributed by atoms with Crippen molar-refractivity contribution in [3.63, 3.8) is 0 Å². The van der Waals surface area contributed by atoms with Gasteiger partial charge in [0.05, 0.1) is 18.6 Å². The molecule has 0 heterocycles. The van der Waals surface area contributed by atoms with Gasteiger partial charge >= 0.3 is 0 Å². The summed E-state index contributed by atoms with van der Waals surface area (Å²) in [7, 11) is 1.71. The summed E-state index contributed by atoms with van der Waals surface area (Å²) in [6.45, 7) is 2.34. The van der Waals surface area contributed by atoms with Gasteiger partial charge in [-0.15, -0.1) is 0 Å². The molecule has 0 saturated heterocycles. The molecule has 2 unspecified atom stereocenters. The minimum Gasteiger partial charge on any atom is -0.497 e. The predicted octanol–water partition coefficient (Wildman–Crippen LogP) is 7.76. The Hall–Kier alpha value is -3.57. The van der Waals surface area contributed by atoms with Crippen LogP contribution in [0.15, 0.2) is 90.5 Å². The van der Waals surface area contributed by atoms with Crippen molar-refractivity contribution in [2.75, 3.05) is 7.11 Å². The van der Waals surface area contributed by atoms with Crippen LogP contribution in [-0.4, -0.2) is 7.11 Å². The molecule has 0 radical (unpaired) electrons. The van der Waals surface area contributed by atoms with E-state index in [9.17, 15) is 5.26 Å². The van der Waals surface area contributed by atoms with Gasteiger partial charge in [0.25, 0.3) is 0 Å². The maximum atomic E-state index is 10.6. The number of hydrogen-bond acceptors (Lipinski definition) is 2. The maximum absolute atomic E-state index is 10.6. The Bertz CT molecular complexity index is 1340. The highest BCUT2D eigenvalue weighted by Gasteiger charge is 2.52. The Morgan fingerprint density at radius 1 is 0.941 bits per heavy atom. The van der Waals surface area contributed by atoms with Crippen molar-refractivity contribution >= 4 is 11.1 Å². The van der Waals surface area contributed by atoms with Crippen molar-refractivity contribution < 1.29 is 4.74 Å². The summed E-state index contributed by atoms with van der Waals surface area (Å²) in [6.07, 6.45) is 5.36. The first-order valence-electron chi connectivity index (χ1n) is 12.3. The molecular weight excluding hydrogens is 414 g/mol. The van der Waals surface area contributed by atoms with Crippen molar-refractivity contribution in [2.45, 2.75) is 38.0 Å². The summed E-state index contributed by atoms with van der Waals surface area (Å²) in [5.74, 6) is 1.81. The quantitative estimate of drug-likeness (QED) is 0.414. The highest BCUT2D eigenvalue weighted by atomic mass is 16.5. The molecule has 3 aromatic rings. The van der Waals surface area contributed by atoms with E-state index in [0.717, 1.165) is 25.0 Å². The minimum absolute atomic E-state index is 0.150. The summed E-state index contributed by atoms with van der Waals surface area (Å²) in [5.41, 5.74) is 8.89. The number of ether oxygens (including phenoxy) is 1. The zero-order valence-electron chi connectivity index (χ0n) is 19.8. The van der Waals surface area contributed by atoms with Gasteiger partial charge in [-0.1, -0.05) is 79.7 Å². The molecule has 0 aromatic heterocycles. The van der Waals surface area contributed by atoms with Gasteiger partial charge in [-0.05, 0) is 76.3 Å². The van der Waals surface area contributed by atoms with Crippen molar-refractivity contribution in [3.8, 4) is 11.8 Å². The highest BCUT2D eigenvalue weighted by Crippen LogP contribution is 2.63. The largest absolute Gasteiger partial charge is 0.497 e. The van der Waals surface area contributed by atoms with Crippen LogP contribution in [0.5, 0.6) is 5.75 Å². The fourth-order valence-corrected chi connectivity index (χ4v) is 6.83. The van der Waals surface area contributed by atoms with Gasteiger partial charge in [-0.25, -0.2) is 0 Å². The van der Waals surface area contributed by atoms with E-state index in [1.54, 1.807) is 7.11 Å². The monoisotopic (exact) mass is 443 g/mol. The van der Waals surface area contributed by atoms with Crippen LogP contribution in [0.25, 0.3) is 11.1 Å². The molecule has 6 rings (SSSR count). The molecule has 1 fully saturated rings. The Balaban J connectivity index is 1.64. The first-order chi connectivity index (χ1) is 16.6. The standard InChI is InChI=1S/C32H29NO/c1-21-16-17-32(20-33)19-24-18-28(22-12-14-25(34-2)15-13-22)29(23-8-4-3-5-9-23)30(24)26-10-6-7-11-27(26)31(21)32/h3-15,18,21,28,31H,16-17,19H2,1-2H3/t21?,28?,31-,32+/m1/s1. The van der Waals surface area contributed by atoms with Crippen LogP contribution >= 0.6 is 0 Å². The lowest BCUT2D eigenvalue weighted by molar-refractivity contribution is 0.335. The number of benzene rings is 3. The van der Waals surface area contributed by atoms with Crippen LogP contribution in [0, 0.1) is 22.7 Å². The Labute approximate surface area is 202 Å². The van der Waals surface area contributed by atoms with E-state index in [0.29, 0.717) is 5.92 Å². The Kier molecular flexibility index (Phi) is 4.96. The Morgan fingerprint density at radius 3 is 2.41 bits per heavy atom. The van der Waals surface area contributed by atoms with Gasteiger partial charge < -0.3 is 4.74 Å². The zero-order chi connectivity index (χ0) is 23.3. The van der Waals surface area contributed by atoms with E-state index in [4.69, 9.17) is 4.74 Å². The molecule has 34 heavy (non-hydrogen) atoms. The molecule has 2 heteroatoms. The molecule has 3 aromatic carbocycles. The molecule has 4 atom stereocenters. The van der Waals surface area contributed by atoms with E-state index in [1.807, 2.05) is 0 Å². The van der Waals surface area contributed by atoms with Gasteiger partial charge in [0.1, 0.15) is 5.75 Å². The van der Waals surface area contributed by atoms with Gasteiger partial charge in [0.15, 0.2) is 0 Å². The lowest BCUT2D eigenvalue weighted by atomic mass is 9.71. The zero-order valence-corrected chi connectivity index (χ0v) is 19.8. The van der Waals surface area contributed by atoms with E-state index in [1.165, 1.54) is 39.0 Å². The summed E-state index contributed by atoms with van der Waals surface area (Å²) >= 11 is 0. The summed E-state index contributed by atoms with van der Waals surface area (Å²) in [6, 6.07) is 31.0. The number of methoxy groups -OCH3 is 1. The van der Waals surface area contributed by atoms with Crippen molar-refractivity contribution in [2.24, 2.45) is 11.3 Å². The molecular formula is C32H29NO. The van der Waals surface area contributed by atoms with Crippen molar-refractivity contribution in [3.05, 3.63) is 113 Å². The second-order valence-electron chi connectivity index (χ2n) is 10.1. The molecule has 3 aliphatic rings. The second kappa shape index (κ2) is 8.03. The van der Waals surface area contributed by atoms with Crippen LogP contribution < -0.4 is 4.74 Å². The number of nitriles is 1. The minimum atomic E-state index is -0.334. The molecule has 0 aliphatic heterocycles. The molecule has 1 saturated carbocycles. The number of nitrogens with zero attached hydrogens (tertiary/aromatic N) is 1. The normalized spacial score (nSPS) is 27.2. The van der Waals surface area contributed by atoms with Crippen LogP contribution in [-0.2, 0) is 0 Å². The fraction of sp³-hybridized carbons (Fsp3) is 0.281. The van der Waals surface area contributed by atoms with Crippen LogP contribution in [0.4, 0.5) is 0 Å². The number of fused-ring (bicyclic) bond motifs is 5. The van der Waals surface area contributed by atoms with Gasteiger partial charge in [-0.2, -0.15) is 5.26 Å². The van der Waals surface area contributed by atoms with Crippen molar-refractivity contribution in [1.82, 2.24) is 0 Å². The number of hydrogen-bond donors (Lipinski definition) is 0. The van der Waals surface area contributed by atoms with Gasteiger partial charge in [-0.3, -0.25) is 0 Å². The third-order valence-corrected chi connectivity index (χ3v) is 8.33. The lowest BCUT2D eigenvalue weighted by Crippen LogP contribution is -2.24. The first kappa shape index (κ1) is 21.0. The van der Waals surface area contributed by atoms with E-state index in [-0.39, 0.29) is 17.3 Å². The molecule has 0 amide bonds. The average molecular weight is 444 g/mol. The first-order valence-corrected chi connectivity index (χ1v) is 12.3. The van der Waals surface area contributed by atoms with Crippen molar-refractivity contribution in [1.29, 1.82) is 5.26 Å². The van der Waals surface area contributed by atoms with Crippen LogP contribution in [0.2, 0.25) is 0 Å². The molecule has 168 valence electrons. The third-order valence-electron chi connectivity index (χ3n) is 8.33. The maximum Gasteiger partial charge on any atom is 0.118 e. The number of rotatable bonds is 3. The van der Waals surface area contributed by atoms with E-state index < -0.39 is 0 Å². The summed E-state index contributed by atoms with van der Waals surface area (Å²) < 4.78 is 5.42. The molecule has 0 N–H and O–H groups in total. The predicted molar refractivity (Wildman–Crippen MR) is 137 cm³/mol. The SMILES string of the molecule is COc1ccc(C2C=C3C[C@]4(C#N)CCC(C)[C@@H]4c4ccccc4C3=C2c2ccccc2)cc1. The molecule has 2 nitrogen and oxygen atoms in total. The molecule has 0 bridgehead atoms. The van der Waals surface area contributed by atoms with Gasteiger partial charge in [0, 0.05) is 11.8 Å². The fourth-order valence-electron chi connectivity index (χ4n) is 6.83. The van der Waals surface area contributed by atoms with Gasteiger partial charge in [0.2, 0.25) is 0 Å². The smallest absolute Gasteiger partial charge is 0.118 e. The topological polar surface area (TPSA) is 33.0 Å². The van der Waals surface area contributed by atoms with Crippen LogP contribution in [0.3, 0.4) is 0 Å². The highest BCUT2D eigenvalue weighted by molar-refractivity contribution is 6.05. The average Bonchev–Trinajstić information content (AvgIpc) is 3.39. The summed E-state index contributed by atoms with van der Waals surface area (Å²) in [4.78, 5) is 0. The Morgan fingerprint density at radius 2 is 1.68 bits per heavy atom. The third kappa shape index (κ3) is 3.07. The second-order valence-corrected chi connectivity index (χ2v) is 10.1. The van der Waals surface area contributed by atoms with Crippen LogP contribution in [0.1, 0.15) is 60.3 Å².